The molecule has 0 atom stereocenters. The van der Waals surface area contributed by atoms with Gasteiger partial charge in [-0.2, -0.15) is 5.10 Å². The molecular formula is C13H24N2. The molecular weight excluding hydrogens is 184 g/mol. The minimum absolute atomic E-state index is 0.167. The number of nitrogens with zero attached hydrogens (tertiary/aromatic N) is 2. The van der Waals surface area contributed by atoms with Gasteiger partial charge in [-0.25, -0.2) is 0 Å². The zero-order valence-corrected chi connectivity index (χ0v) is 11.1. The summed E-state index contributed by atoms with van der Waals surface area (Å²) >= 11 is 0. The van der Waals surface area contributed by atoms with Crippen molar-refractivity contribution in [3.8, 4) is 0 Å². The van der Waals surface area contributed by atoms with Crippen molar-refractivity contribution in [2.75, 3.05) is 0 Å². The molecule has 0 saturated heterocycles. The number of rotatable bonds is 2. The van der Waals surface area contributed by atoms with Crippen LogP contribution in [0.2, 0.25) is 0 Å². The van der Waals surface area contributed by atoms with E-state index in [1.165, 1.54) is 11.3 Å². The first-order valence-electron chi connectivity index (χ1n) is 5.83. The minimum atomic E-state index is 0.167. The molecule has 0 amide bonds. The van der Waals surface area contributed by atoms with Crippen molar-refractivity contribution in [2.24, 2.45) is 0 Å². The molecule has 0 aliphatic rings. The van der Waals surface area contributed by atoms with Crippen LogP contribution in [0.15, 0.2) is 6.20 Å². The first-order chi connectivity index (χ1) is 6.75. The summed E-state index contributed by atoms with van der Waals surface area (Å²) in [4.78, 5) is 0. The Balaban J connectivity index is 3.34. The summed E-state index contributed by atoms with van der Waals surface area (Å²) in [6, 6.07) is 0.437. The van der Waals surface area contributed by atoms with Crippen molar-refractivity contribution < 1.29 is 0 Å². The molecule has 0 N–H and O–H groups in total. The lowest BCUT2D eigenvalue weighted by Crippen LogP contribution is -2.21. The Morgan fingerprint density at radius 3 is 2.00 bits per heavy atom. The van der Waals surface area contributed by atoms with E-state index in [2.05, 4.69) is 58.2 Å². The molecule has 0 fully saturated rings. The van der Waals surface area contributed by atoms with E-state index in [0.29, 0.717) is 12.0 Å². The second-order valence-corrected chi connectivity index (χ2v) is 5.89. The van der Waals surface area contributed by atoms with Crippen molar-refractivity contribution in [1.29, 1.82) is 0 Å². The summed E-state index contributed by atoms with van der Waals surface area (Å²) in [7, 11) is 0. The van der Waals surface area contributed by atoms with Gasteiger partial charge in [-0.1, -0.05) is 34.6 Å². The normalized spacial score (nSPS) is 12.9. The van der Waals surface area contributed by atoms with E-state index in [1.54, 1.807) is 0 Å². The lowest BCUT2D eigenvalue weighted by molar-refractivity contribution is 0.442. The molecule has 15 heavy (non-hydrogen) atoms. The Morgan fingerprint density at radius 2 is 1.67 bits per heavy atom. The lowest BCUT2D eigenvalue weighted by Gasteiger charge is -2.25. The van der Waals surface area contributed by atoms with Gasteiger partial charge in [0.1, 0.15) is 0 Å². The minimum Gasteiger partial charge on any atom is -0.266 e. The van der Waals surface area contributed by atoms with Gasteiger partial charge in [0, 0.05) is 17.2 Å². The van der Waals surface area contributed by atoms with Crippen LogP contribution >= 0.6 is 0 Å². The van der Waals surface area contributed by atoms with Gasteiger partial charge in [0.2, 0.25) is 0 Å². The van der Waals surface area contributed by atoms with Crippen molar-refractivity contribution in [2.45, 2.75) is 65.8 Å². The van der Waals surface area contributed by atoms with Crippen LogP contribution in [0.4, 0.5) is 0 Å². The fraction of sp³-hybridized carbons (Fsp3) is 0.769. The molecule has 2 nitrogen and oxygen atoms in total. The van der Waals surface area contributed by atoms with Gasteiger partial charge in [0.15, 0.2) is 0 Å². The van der Waals surface area contributed by atoms with Crippen LogP contribution in [0.25, 0.3) is 0 Å². The second-order valence-electron chi connectivity index (χ2n) is 5.89. The Hall–Kier alpha value is -0.790. The molecule has 0 aliphatic heterocycles. The SMILES string of the molecule is CC(C)c1cnn(C(C)C)c1C(C)(C)C. The Bertz CT molecular complexity index is 301. The molecule has 1 heterocycles. The molecule has 0 aromatic carbocycles. The first kappa shape index (κ1) is 12.3. The zero-order chi connectivity index (χ0) is 11.8. The average Bonchev–Trinajstić information content (AvgIpc) is 2.45. The highest BCUT2D eigenvalue weighted by atomic mass is 15.3. The summed E-state index contributed by atoms with van der Waals surface area (Å²) in [5.74, 6) is 0.548. The molecule has 2 heteroatoms. The Morgan fingerprint density at radius 1 is 1.13 bits per heavy atom. The smallest absolute Gasteiger partial charge is 0.0527 e. The fourth-order valence-corrected chi connectivity index (χ4v) is 1.97. The average molecular weight is 208 g/mol. The van der Waals surface area contributed by atoms with E-state index in [4.69, 9.17) is 0 Å². The predicted molar refractivity (Wildman–Crippen MR) is 65.4 cm³/mol. The van der Waals surface area contributed by atoms with E-state index in [9.17, 15) is 0 Å². The van der Waals surface area contributed by atoms with E-state index in [0.717, 1.165) is 0 Å². The third kappa shape index (κ3) is 2.42. The summed E-state index contributed by atoms with van der Waals surface area (Å²) in [5, 5.41) is 4.52. The monoisotopic (exact) mass is 208 g/mol. The number of hydrogen-bond acceptors (Lipinski definition) is 1. The third-order valence-electron chi connectivity index (χ3n) is 2.65. The van der Waals surface area contributed by atoms with Crippen molar-refractivity contribution in [1.82, 2.24) is 9.78 Å². The highest BCUT2D eigenvalue weighted by Gasteiger charge is 2.25. The largest absolute Gasteiger partial charge is 0.266 e. The van der Waals surface area contributed by atoms with E-state index in [-0.39, 0.29) is 5.41 Å². The van der Waals surface area contributed by atoms with E-state index >= 15 is 0 Å². The van der Waals surface area contributed by atoms with Crippen LogP contribution in [0, 0.1) is 0 Å². The van der Waals surface area contributed by atoms with Crippen LogP contribution in [-0.2, 0) is 5.41 Å². The highest BCUT2D eigenvalue weighted by molar-refractivity contribution is 5.28. The van der Waals surface area contributed by atoms with Gasteiger partial charge >= 0.3 is 0 Å². The van der Waals surface area contributed by atoms with Crippen molar-refractivity contribution in [3.63, 3.8) is 0 Å². The summed E-state index contributed by atoms with van der Waals surface area (Å²) < 4.78 is 2.16. The number of aromatic nitrogens is 2. The van der Waals surface area contributed by atoms with Crippen molar-refractivity contribution in [3.05, 3.63) is 17.5 Å². The van der Waals surface area contributed by atoms with Gasteiger partial charge in [-0.15, -0.1) is 0 Å². The van der Waals surface area contributed by atoms with Crippen LogP contribution in [0.1, 0.15) is 71.7 Å². The quantitative estimate of drug-likeness (QED) is 0.721. The maximum Gasteiger partial charge on any atom is 0.0527 e. The van der Waals surface area contributed by atoms with Crippen LogP contribution in [0.3, 0.4) is 0 Å². The van der Waals surface area contributed by atoms with Crippen molar-refractivity contribution >= 4 is 0 Å². The lowest BCUT2D eigenvalue weighted by atomic mass is 9.86. The van der Waals surface area contributed by atoms with E-state index < -0.39 is 0 Å². The zero-order valence-electron chi connectivity index (χ0n) is 11.1. The molecule has 1 rings (SSSR count). The predicted octanol–water partition coefficient (Wildman–Crippen LogP) is 3.88. The third-order valence-corrected chi connectivity index (χ3v) is 2.65. The Labute approximate surface area is 93.7 Å². The topological polar surface area (TPSA) is 17.8 Å². The van der Waals surface area contributed by atoms with Gasteiger partial charge in [0.05, 0.1) is 6.20 Å². The van der Waals surface area contributed by atoms with Gasteiger partial charge < -0.3 is 0 Å². The molecule has 0 unspecified atom stereocenters. The fourth-order valence-electron chi connectivity index (χ4n) is 1.97. The molecule has 0 radical (unpaired) electrons. The molecule has 86 valence electrons. The van der Waals surface area contributed by atoms with E-state index in [1.807, 2.05) is 6.20 Å². The molecule has 0 spiro atoms. The van der Waals surface area contributed by atoms with Gasteiger partial charge in [-0.3, -0.25) is 4.68 Å². The molecule has 0 saturated carbocycles. The Kier molecular flexibility index (Phi) is 3.27. The van der Waals surface area contributed by atoms with Crippen LogP contribution in [0.5, 0.6) is 0 Å². The van der Waals surface area contributed by atoms with Gasteiger partial charge in [-0.05, 0) is 25.3 Å². The summed E-state index contributed by atoms with van der Waals surface area (Å²) in [6.45, 7) is 15.6. The molecule has 0 aliphatic carbocycles. The molecule has 0 bridgehead atoms. The standard InChI is InChI=1S/C13H24N2/c1-9(2)11-8-14-15(10(3)4)12(11)13(5,6)7/h8-10H,1-7H3. The summed E-state index contributed by atoms with van der Waals surface area (Å²) in [5.41, 5.74) is 2.93. The first-order valence-corrected chi connectivity index (χ1v) is 5.83. The van der Waals surface area contributed by atoms with Crippen LogP contribution in [-0.4, -0.2) is 9.78 Å². The van der Waals surface area contributed by atoms with Gasteiger partial charge in [0.25, 0.3) is 0 Å². The second kappa shape index (κ2) is 3.99. The maximum absolute atomic E-state index is 4.52. The van der Waals surface area contributed by atoms with Crippen LogP contribution < -0.4 is 0 Å². The molecule has 1 aromatic heterocycles. The summed E-state index contributed by atoms with van der Waals surface area (Å²) in [6.07, 6.45) is 2.03. The molecule has 1 aromatic rings. The highest BCUT2D eigenvalue weighted by Crippen LogP contribution is 2.31. The maximum atomic E-state index is 4.52. The number of hydrogen-bond donors (Lipinski definition) is 0.